The van der Waals surface area contributed by atoms with E-state index in [0.717, 1.165) is 6.42 Å². The van der Waals surface area contributed by atoms with Gasteiger partial charge in [-0.3, -0.25) is 9.36 Å². The lowest BCUT2D eigenvalue weighted by atomic mass is 10.1. The van der Waals surface area contributed by atoms with E-state index in [4.69, 9.17) is 14.2 Å². The summed E-state index contributed by atoms with van der Waals surface area (Å²) in [4.78, 5) is 28.2. The number of nitrogens with one attached hydrogen (secondary N) is 1. The summed E-state index contributed by atoms with van der Waals surface area (Å²) in [6, 6.07) is 15.4. The summed E-state index contributed by atoms with van der Waals surface area (Å²) in [7, 11) is 1.58. The lowest BCUT2D eigenvalue weighted by Crippen LogP contribution is -2.37. The van der Waals surface area contributed by atoms with Crippen molar-refractivity contribution in [2.45, 2.75) is 37.8 Å². The number of methoxy groups -OCH3 is 1. The number of imidazole rings is 1. The Hall–Kier alpha value is -4.32. The van der Waals surface area contributed by atoms with Gasteiger partial charge in [0.25, 0.3) is 12.3 Å². The van der Waals surface area contributed by atoms with Crippen molar-refractivity contribution in [1.82, 2.24) is 24.8 Å². The van der Waals surface area contributed by atoms with Crippen LogP contribution < -0.4 is 19.7 Å². The van der Waals surface area contributed by atoms with E-state index in [0.29, 0.717) is 67.4 Å². The summed E-state index contributed by atoms with van der Waals surface area (Å²) < 4.78 is 46.5. The summed E-state index contributed by atoms with van der Waals surface area (Å²) >= 11 is 0. The number of amides is 1. The molecule has 214 valence electrons. The normalized spacial score (nSPS) is 19.1. The van der Waals surface area contributed by atoms with E-state index in [9.17, 15) is 13.6 Å². The van der Waals surface area contributed by atoms with Gasteiger partial charge in [0.1, 0.15) is 17.7 Å². The number of rotatable bonds is 8. The highest BCUT2D eigenvalue weighted by atomic mass is 19.3. The molecule has 41 heavy (non-hydrogen) atoms. The second-order valence-corrected chi connectivity index (χ2v) is 10.0. The summed E-state index contributed by atoms with van der Waals surface area (Å²) in [6.45, 7) is 2.16. The van der Waals surface area contributed by atoms with Crippen molar-refractivity contribution in [1.29, 1.82) is 0 Å². The van der Waals surface area contributed by atoms with Gasteiger partial charge in [0, 0.05) is 37.2 Å². The quantitative estimate of drug-likeness (QED) is 0.338. The van der Waals surface area contributed by atoms with Gasteiger partial charge in [-0.05, 0) is 49.2 Å². The van der Waals surface area contributed by atoms with E-state index in [-0.39, 0.29) is 29.8 Å². The number of benzene rings is 2. The molecule has 0 bridgehead atoms. The molecule has 2 atom stereocenters. The SMILES string of the molecule is COc1ccc(C(=O)N[C@H]2CC[C@H](Oc3cc(-n4c(C(F)F)nc5ccccc54)nc(N4CCOCC4)n3)C2)cc1. The summed E-state index contributed by atoms with van der Waals surface area (Å²) in [5.41, 5.74) is 1.51. The number of hydrogen-bond acceptors (Lipinski definition) is 8. The minimum Gasteiger partial charge on any atom is -0.497 e. The van der Waals surface area contributed by atoms with Gasteiger partial charge in [-0.15, -0.1) is 0 Å². The predicted octanol–water partition coefficient (Wildman–Crippen LogP) is 4.33. The molecule has 0 unspecified atom stereocenters. The van der Waals surface area contributed by atoms with Crippen LogP contribution in [0.1, 0.15) is 41.9 Å². The van der Waals surface area contributed by atoms with Crippen LogP contribution in [0.25, 0.3) is 16.9 Å². The zero-order valence-corrected chi connectivity index (χ0v) is 22.5. The number of carbonyl (C=O) groups excluding carboxylic acids is 1. The maximum Gasteiger partial charge on any atom is 0.296 e. The van der Waals surface area contributed by atoms with Gasteiger partial charge in [0.15, 0.2) is 5.82 Å². The van der Waals surface area contributed by atoms with E-state index < -0.39 is 12.2 Å². The molecule has 10 nitrogen and oxygen atoms in total. The Morgan fingerprint density at radius 3 is 2.59 bits per heavy atom. The highest BCUT2D eigenvalue weighted by Gasteiger charge is 2.29. The van der Waals surface area contributed by atoms with Gasteiger partial charge in [0.2, 0.25) is 11.8 Å². The number of halogens is 2. The number of ether oxygens (including phenoxy) is 3. The number of hydrogen-bond donors (Lipinski definition) is 1. The highest BCUT2D eigenvalue weighted by Crippen LogP contribution is 2.31. The first kappa shape index (κ1) is 26.9. The topological polar surface area (TPSA) is 104 Å². The number of nitrogens with zero attached hydrogens (tertiary/aromatic N) is 5. The number of fused-ring (bicyclic) bond motifs is 1. The smallest absolute Gasteiger partial charge is 0.296 e. The van der Waals surface area contributed by atoms with Gasteiger partial charge in [-0.25, -0.2) is 13.8 Å². The third-order valence-corrected chi connectivity index (χ3v) is 7.34. The molecular formula is C29H30F2N6O4. The molecule has 4 aromatic rings. The van der Waals surface area contributed by atoms with E-state index in [2.05, 4.69) is 20.3 Å². The molecule has 12 heteroatoms. The van der Waals surface area contributed by atoms with Crippen molar-refractivity contribution in [2.75, 3.05) is 38.3 Å². The van der Waals surface area contributed by atoms with Crippen LogP contribution >= 0.6 is 0 Å². The Kier molecular flexibility index (Phi) is 7.64. The average Bonchev–Trinajstić information content (AvgIpc) is 3.62. The van der Waals surface area contributed by atoms with Crippen LogP contribution in [0.15, 0.2) is 54.6 Å². The molecule has 1 N–H and O–H groups in total. The molecule has 1 aliphatic heterocycles. The number of anilines is 1. The van der Waals surface area contributed by atoms with Gasteiger partial charge in [-0.1, -0.05) is 12.1 Å². The summed E-state index contributed by atoms with van der Waals surface area (Å²) in [5.74, 6) is 1.03. The van der Waals surface area contributed by atoms with E-state index >= 15 is 0 Å². The fourth-order valence-electron chi connectivity index (χ4n) is 5.27. The second-order valence-electron chi connectivity index (χ2n) is 10.0. The van der Waals surface area contributed by atoms with E-state index in [1.807, 2.05) is 4.90 Å². The number of aromatic nitrogens is 4. The molecule has 2 aromatic heterocycles. The fraction of sp³-hybridized carbons (Fsp3) is 0.379. The molecule has 1 amide bonds. The molecule has 0 radical (unpaired) electrons. The summed E-state index contributed by atoms with van der Waals surface area (Å²) in [6.07, 6.45) is -0.993. The molecule has 3 heterocycles. The molecule has 2 aliphatic rings. The largest absolute Gasteiger partial charge is 0.497 e. The molecule has 6 rings (SSSR count). The second kappa shape index (κ2) is 11.7. The molecule has 1 saturated carbocycles. The minimum absolute atomic E-state index is 0.0716. The Balaban J connectivity index is 1.25. The molecular weight excluding hydrogens is 534 g/mol. The Bertz CT molecular complexity index is 1520. The number of alkyl halides is 2. The molecule has 2 fully saturated rings. The first-order chi connectivity index (χ1) is 20.0. The molecule has 1 saturated heterocycles. The van der Waals surface area contributed by atoms with Crippen molar-refractivity contribution in [2.24, 2.45) is 0 Å². The zero-order valence-electron chi connectivity index (χ0n) is 22.5. The van der Waals surface area contributed by atoms with Crippen LogP contribution in [0.2, 0.25) is 0 Å². The first-order valence-electron chi connectivity index (χ1n) is 13.6. The highest BCUT2D eigenvalue weighted by molar-refractivity contribution is 5.94. The number of para-hydroxylation sites is 2. The van der Waals surface area contributed by atoms with Gasteiger partial charge in [-0.2, -0.15) is 9.97 Å². The van der Waals surface area contributed by atoms with Crippen molar-refractivity contribution in [3.05, 3.63) is 66.0 Å². The third kappa shape index (κ3) is 5.78. The molecule has 2 aromatic carbocycles. The lowest BCUT2D eigenvalue weighted by molar-refractivity contribution is 0.0934. The van der Waals surface area contributed by atoms with Crippen molar-refractivity contribution in [3.8, 4) is 17.4 Å². The van der Waals surface area contributed by atoms with Crippen LogP contribution in [0, 0.1) is 0 Å². The number of morpholine rings is 1. The van der Waals surface area contributed by atoms with Crippen LogP contribution in [-0.4, -0.2) is 71.0 Å². The van der Waals surface area contributed by atoms with E-state index in [1.165, 1.54) is 4.57 Å². The monoisotopic (exact) mass is 564 g/mol. The average molecular weight is 565 g/mol. The summed E-state index contributed by atoms with van der Waals surface area (Å²) in [5, 5.41) is 3.07. The third-order valence-electron chi connectivity index (χ3n) is 7.34. The van der Waals surface area contributed by atoms with Crippen LogP contribution in [-0.2, 0) is 4.74 Å². The van der Waals surface area contributed by atoms with Gasteiger partial charge >= 0.3 is 0 Å². The lowest BCUT2D eigenvalue weighted by Gasteiger charge is -2.27. The van der Waals surface area contributed by atoms with Crippen LogP contribution in [0.4, 0.5) is 14.7 Å². The van der Waals surface area contributed by atoms with Gasteiger partial charge in [0.05, 0.1) is 31.4 Å². The number of carbonyl (C=O) groups is 1. The molecule has 1 aliphatic carbocycles. The standard InChI is InChI=1S/C29H30F2N6O4/c1-39-20-9-6-18(7-10-20)28(38)32-19-8-11-21(16-19)41-25-17-24(34-29(35-25)36-12-14-40-15-13-36)37-23-5-3-2-4-22(23)33-27(37)26(30)31/h2-7,9-10,17,19,21,26H,8,11-16H2,1H3,(H,32,38)/t19-,21-/m0/s1. The first-order valence-corrected chi connectivity index (χ1v) is 13.6. The predicted molar refractivity (Wildman–Crippen MR) is 147 cm³/mol. The van der Waals surface area contributed by atoms with Crippen molar-refractivity contribution >= 4 is 22.9 Å². The zero-order chi connectivity index (χ0) is 28.3. The minimum atomic E-state index is -2.81. The Morgan fingerprint density at radius 2 is 1.83 bits per heavy atom. The molecule has 0 spiro atoms. The van der Waals surface area contributed by atoms with Crippen LogP contribution in [0.5, 0.6) is 11.6 Å². The maximum absolute atomic E-state index is 14.1. The Morgan fingerprint density at radius 1 is 1.05 bits per heavy atom. The van der Waals surface area contributed by atoms with E-state index in [1.54, 1.807) is 61.7 Å². The fourth-order valence-corrected chi connectivity index (χ4v) is 5.27. The van der Waals surface area contributed by atoms with Crippen molar-refractivity contribution in [3.63, 3.8) is 0 Å². The van der Waals surface area contributed by atoms with Crippen LogP contribution in [0.3, 0.4) is 0 Å². The Labute approximate surface area is 235 Å². The maximum atomic E-state index is 14.1. The van der Waals surface area contributed by atoms with Gasteiger partial charge < -0.3 is 24.4 Å². The van der Waals surface area contributed by atoms with Crippen molar-refractivity contribution < 1.29 is 27.8 Å².